The van der Waals surface area contributed by atoms with Crippen molar-refractivity contribution < 1.29 is 27.2 Å². The van der Waals surface area contributed by atoms with Crippen LogP contribution in [-0.2, 0) is 9.59 Å². The molecule has 0 fully saturated rings. The molecule has 0 saturated carbocycles. The monoisotopic (exact) mass is 251 g/mol. The second-order valence-corrected chi connectivity index (χ2v) is 2.77. The van der Waals surface area contributed by atoms with E-state index in [1.807, 2.05) is 0 Å². The quantitative estimate of drug-likeness (QED) is 0.166. The summed E-state index contributed by atoms with van der Waals surface area (Å²) in [5.41, 5.74) is -0.0366. The van der Waals surface area contributed by atoms with Gasteiger partial charge in [-0.2, -0.15) is 0 Å². The summed E-state index contributed by atoms with van der Waals surface area (Å²) in [4.78, 5) is 21.5. The van der Waals surface area contributed by atoms with Crippen molar-refractivity contribution in [2.24, 2.45) is 5.84 Å². The maximum Gasteiger partial charge on any atom is 0.323 e. The molecule has 5 nitrogen and oxygen atoms in total. The molecule has 1 aromatic rings. The van der Waals surface area contributed by atoms with Crippen LogP contribution in [0.5, 0.6) is 0 Å². The highest BCUT2D eigenvalue weighted by atomic mass is 19.2. The van der Waals surface area contributed by atoms with Crippen molar-refractivity contribution in [3.05, 3.63) is 29.3 Å². The van der Waals surface area contributed by atoms with Gasteiger partial charge in [0.15, 0.2) is 23.3 Å². The molecule has 0 saturated heterocycles. The first-order valence-corrected chi connectivity index (χ1v) is 4.03. The lowest BCUT2D eigenvalue weighted by Gasteiger charge is -2.07. The number of carbonyl (C=O) groups is 2. The van der Waals surface area contributed by atoms with Gasteiger partial charge in [0.05, 0.1) is 0 Å². The average Bonchev–Trinajstić information content (AvgIpc) is 2.30. The summed E-state index contributed by atoms with van der Waals surface area (Å²) in [7, 11) is 0. The molecule has 4 N–H and O–H groups in total. The maximum atomic E-state index is 13.0. The fraction of sp³-hybridized carbons (Fsp3) is 0. The molecular formula is C8H5F4N3O2. The Balaban J connectivity index is 3.15. The molecule has 0 bridgehead atoms. The SMILES string of the molecule is NNC(=O)C(=O)Nc1c(F)c(F)cc(F)c1F. The number of amides is 2. The normalized spacial score (nSPS) is 9.94. The lowest BCUT2D eigenvalue weighted by atomic mass is 10.2. The van der Waals surface area contributed by atoms with E-state index in [0.29, 0.717) is 0 Å². The van der Waals surface area contributed by atoms with Gasteiger partial charge >= 0.3 is 11.8 Å². The van der Waals surface area contributed by atoms with Crippen molar-refractivity contribution in [1.29, 1.82) is 0 Å². The van der Waals surface area contributed by atoms with E-state index in [0.717, 1.165) is 0 Å². The van der Waals surface area contributed by atoms with E-state index in [9.17, 15) is 27.2 Å². The summed E-state index contributed by atoms with van der Waals surface area (Å²) in [6.45, 7) is 0. The van der Waals surface area contributed by atoms with Gasteiger partial charge in [-0.15, -0.1) is 0 Å². The summed E-state index contributed by atoms with van der Waals surface area (Å²) in [6, 6.07) is -0.0384. The lowest BCUT2D eigenvalue weighted by Crippen LogP contribution is -2.39. The van der Waals surface area contributed by atoms with Crippen LogP contribution in [0.1, 0.15) is 0 Å². The van der Waals surface area contributed by atoms with Crippen molar-refractivity contribution in [2.75, 3.05) is 5.32 Å². The van der Waals surface area contributed by atoms with E-state index in [2.05, 4.69) is 5.84 Å². The number of hydrogen-bond acceptors (Lipinski definition) is 3. The van der Waals surface area contributed by atoms with Crippen LogP contribution in [0.25, 0.3) is 0 Å². The molecule has 0 spiro atoms. The maximum absolute atomic E-state index is 13.0. The topological polar surface area (TPSA) is 84.2 Å². The van der Waals surface area contributed by atoms with Crippen LogP contribution in [0.2, 0.25) is 0 Å². The van der Waals surface area contributed by atoms with Crippen LogP contribution in [-0.4, -0.2) is 11.8 Å². The molecule has 17 heavy (non-hydrogen) atoms. The van der Waals surface area contributed by atoms with Gasteiger partial charge in [-0.1, -0.05) is 0 Å². The van der Waals surface area contributed by atoms with Crippen LogP contribution < -0.4 is 16.6 Å². The summed E-state index contributed by atoms with van der Waals surface area (Å²) in [5, 5.41) is 1.35. The third kappa shape index (κ3) is 2.50. The zero-order valence-corrected chi connectivity index (χ0v) is 7.98. The van der Waals surface area contributed by atoms with Crippen molar-refractivity contribution in [2.45, 2.75) is 0 Å². The Morgan fingerprint density at radius 1 is 1.00 bits per heavy atom. The average molecular weight is 251 g/mol. The van der Waals surface area contributed by atoms with E-state index >= 15 is 0 Å². The van der Waals surface area contributed by atoms with Crippen LogP contribution in [0.4, 0.5) is 23.2 Å². The number of hydrogen-bond donors (Lipinski definition) is 3. The van der Waals surface area contributed by atoms with Crippen molar-refractivity contribution in [3.8, 4) is 0 Å². The lowest BCUT2D eigenvalue weighted by molar-refractivity contribution is -0.136. The molecule has 0 heterocycles. The Morgan fingerprint density at radius 2 is 1.47 bits per heavy atom. The first-order valence-electron chi connectivity index (χ1n) is 4.03. The van der Waals surface area contributed by atoms with E-state index in [4.69, 9.17) is 0 Å². The van der Waals surface area contributed by atoms with Crippen molar-refractivity contribution >= 4 is 17.5 Å². The smallest absolute Gasteiger partial charge is 0.313 e. The Bertz CT molecular complexity index is 466. The fourth-order valence-electron chi connectivity index (χ4n) is 0.919. The first kappa shape index (κ1) is 12.9. The van der Waals surface area contributed by atoms with Crippen LogP contribution >= 0.6 is 0 Å². The van der Waals surface area contributed by atoms with Gasteiger partial charge in [0.2, 0.25) is 0 Å². The molecule has 0 unspecified atom stereocenters. The van der Waals surface area contributed by atoms with Gasteiger partial charge in [-0.05, 0) is 0 Å². The molecular weight excluding hydrogens is 246 g/mol. The predicted octanol–water partition coefficient (Wildman–Crippen LogP) is 0.171. The van der Waals surface area contributed by atoms with Crippen LogP contribution in [0.15, 0.2) is 6.07 Å². The molecule has 0 aliphatic heterocycles. The molecule has 0 radical (unpaired) electrons. The number of nitrogens with two attached hydrogens (primary N) is 1. The number of nitrogens with one attached hydrogen (secondary N) is 2. The molecule has 92 valence electrons. The summed E-state index contributed by atoms with van der Waals surface area (Å²) < 4.78 is 51.4. The molecule has 0 aromatic heterocycles. The molecule has 1 rings (SSSR count). The van der Waals surface area contributed by atoms with E-state index < -0.39 is 40.8 Å². The number of benzene rings is 1. The Kier molecular flexibility index (Phi) is 3.63. The highest BCUT2D eigenvalue weighted by Crippen LogP contribution is 2.23. The van der Waals surface area contributed by atoms with E-state index in [1.54, 1.807) is 0 Å². The van der Waals surface area contributed by atoms with Gasteiger partial charge in [-0.25, -0.2) is 23.4 Å². The minimum Gasteiger partial charge on any atom is -0.313 e. The predicted molar refractivity (Wildman–Crippen MR) is 47.2 cm³/mol. The standard InChI is InChI=1S/C8H5F4N3O2/c9-2-1-3(10)5(12)6(4(2)11)14-7(16)8(17)15-13/h1H,13H2,(H,14,16)(H,15,17). The van der Waals surface area contributed by atoms with Gasteiger partial charge in [0.25, 0.3) is 0 Å². The van der Waals surface area contributed by atoms with Gasteiger partial charge in [-0.3, -0.25) is 15.0 Å². The Labute approximate surface area is 91.6 Å². The Hall–Kier alpha value is -2.16. The number of hydrazine groups is 1. The zero-order valence-electron chi connectivity index (χ0n) is 7.98. The molecule has 0 atom stereocenters. The highest BCUT2D eigenvalue weighted by molar-refractivity contribution is 6.39. The molecule has 2 amide bonds. The minimum atomic E-state index is -1.83. The van der Waals surface area contributed by atoms with Gasteiger partial charge < -0.3 is 5.32 Å². The highest BCUT2D eigenvalue weighted by Gasteiger charge is 2.23. The van der Waals surface area contributed by atoms with Gasteiger partial charge in [0, 0.05) is 6.07 Å². The first-order chi connectivity index (χ1) is 7.88. The van der Waals surface area contributed by atoms with Crippen LogP contribution in [0, 0.1) is 23.3 Å². The van der Waals surface area contributed by atoms with Gasteiger partial charge in [0.1, 0.15) is 5.69 Å². The number of carbonyl (C=O) groups excluding carboxylic acids is 2. The second-order valence-electron chi connectivity index (χ2n) is 2.77. The van der Waals surface area contributed by atoms with Crippen molar-refractivity contribution in [1.82, 2.24) is 5.43 Å². The minimum absolute atomic E-state index is 0.0384. The molecule has 0 aliphatic rings. The van der Waals surface area contributed by atoms with Crippen molar-refractivity contribution in [3.63, 3.8) is 0 Å². The second kappa shape index (κ2) is 4.78. The van der Waals surface area contributed by atoms with E-state index in [1.165, 1.54) is 10.7 Å². The third-order valence-corrected chi connectivity index (χ3v) is 1.69. The number of anilines is 1. The number of rotatable bonds is 1. The van der Waals surface area contributed by atoms with Crippen LogP contribution in [0.3, 0.4) is 0 Å². The largest absolute Gasteiger partial charge is 0.323 e. The summed E-state index contributed by atoms with van der Waals surface area (Å²) in [5.74, 6) is -5.54. The molecule has 0 aliphatic carbocycles. The zero-order chi connectivity index (χ0) is 13.2. The Morgan fingerprint density at radius 3 is 1.88 bits per heavy atom. The van der Waals surface area contributed by atoms with E-state index in [-0.39, 0.29) is 6.07 Å². The summed E-state index contributed by atoms with van der Waals surface area (Å²) >= 11 is 0. The third-order valence-electron chi connectivity index (χ3n) is 1.69. The fourth-order valence-corrected chi connectivity index (χ4v) is 0.919. The summed E-state index contributed by atoms with van der Waals surface area (Å²) in [6.07, 6.45) is 0. The molecule has 9 heteroatoms. The molecule has 1 aromatic carbocycles. The number of halogens is 4.